The number of piperidine rings is 1. The molecule has 1 N–H and O–H groups in total. The summed E-state index contributed by atoms with van der Waals surface area (Å²) in [7, 11) is 0. The second-order valence-electron chi connectivity index (χ2n) is 5.52. The highest BCUT2D eigenvalue weighted by Gasteiger charge is 2.20. The van der Waals surface area contributed by atoms with Crippen LogP contribution in [0.2, 0.25) is 0 Å². The molecule has 1 aromatic rings. The third-order valence-corrected chi connectivity index (χ3v) is 3.78. The summed E-state index contributed by atoms with van der Waals surface area (Å²) in [5.74, 6) is 0.215. The Hall–Kier alpha value is -1.42. The molecule has 4 nitrogen and oxygen atoms in total. The van der Waals surface area contributed by atoms with E-state index in [0.29, 0.717) is 12.5 Å². The van der Waals surface area contributed by atoms with Crippen molar-refractivity contribution in [2.45, 2.75) is 45.1 Å². The fourth-order valence-corrected chi connectivity index (χ4v) is 2.72. The SMILES string of the molecule is CCCN(CC1CCCCN1)C(=O)Cc1cccnc1. The molecule has 1 fully saturated rings. The third kappa shape index (κ3) is 4.60. The van der Waals surface area contributed by atoms with Gasteiger partial charge in [-0.15, -0.1) is 0 Å². The van der Waals surface area contributed by atoms with Crippen molar-refractivity contribution < 1.29 is 4.79 Å². The van der Waals surface area contributed by atoms with E-state index >= 15 is 0 Å². The maximum atomic E-state index is 12.4. The number of hydrogen-bond acceptors (Lipinski definition) is 3. The molecular weight excluding hydrogens is 250 g/mol. The molecule has 0 radical (unpaired) electrons. The van der Waals surface area contributed by atoms with Crippen molar-refractivity contribution in [2.24, 2.45) is 0 Å². The van der Waals surface area contributed by atoms with Crippen LogP contribution in [0.4, 0.5) is 0 Å². The standard InChI is InChI=1S/C16H25N3O/c1-2-10-19(13-15-7-3-4-9-18-15)16(20)11-14-6-5-8-17-12-14/h5-6,8,12,15,18H,2-4,7,9-11,13H2,1H3. The molecule has 1 amide bonds. The molecule has 0 bridgehead atoms. The molecule has 0 saturated carbocycles. The van der Waals surface area contributed by atoms with Crippen molar-refractivity contribution in [3.05, 3.63) is 30.1 Å². The highest BCUT2D eigenvalue weighted by atomic mass is 16.2. The van der Waals surface area contributed by atoms with Crippen molar-refractivity contribution >= 4 is 5.91 Å². The molecule has 1 atom stereocenters. The number of aromatic nitrogens is 1. The molecule has 0 spiro atoms. The molecule has 2 heterocycles. The molecule has 20 heavy (non-hydrogen) atoms. The Morgan fingerprint density at radius 1 is 1.50 bits per heavy atom. The molecule has 2 rings (SSSR count). The Morgan fingerprint density at radius 3 is 3.05 bits per heavy atom. The summed E-state index contributed by atoms with van der Waals surface area (Å²) >= 11 is 0. The first-order chi connectivity index (χ1) is 9.79. The number of nitrogens with one attached hydrogen (secondary N) is 1. The van der Waals surface area contributed by atoms with Crippen LogP contribution in [0.3, 0.4) is 0 Å². The van der Waals surface area contributed by atoms with E-state index < -0.39 is 0 Å². The number of nitrogens with zero attached hydrogens (tertiary/aromatic N) is 2. The van der Waals surface area contributed by atoms with Gasteiger partial charge < -0.3 is 10.2 Å². The molecule has 1 unspecified atom stereocenters. The lowest BCUT2D eigenvalue weighted by atomic mass is 10.0. The third-order valence-electron chi connectivity index (χ3n) is 3.78. The van der Waals surface area contributed by atoms with E-state index in [0.717, 1.165) is 31.6 Å². The summed E-state index contributed by atoms with van der Waals surface area (Å²) in [4.78, 5) is 18.5. The number of pyridine rings is 1. The summed E-state index contributed by atoms with van der Waals surface area (Å²) < 4.78 is 0. The average Bonchev–Trinajstić information content (AvgIpc) is 2.49. The molecular formula is C16H25N3O. The van der Waals surface area contributed by atoms with E-state index in [1.165, 1.54) is 19.3 Å². The molecule has 1 aliphatic rings. The van der Waals surface area contributed by atoms with Gasteiger partial charge in [-0.2, -0.15) is 0 Å². The van der Waals surface area contributed by atoms with Gasteiger partial charge in [-0.25, -0.2) is 0 Å². The molecule has 0 aliphatic carbocycles. The van der Waals surface area contributed by atoms with Gasteiger partial charge in [0.05, 0.1) is 6.42 Å². The topological polar surface area (TPSA) is 45.2 Å². The van der Waals surface area contributed by atoms with Gasteiger partial charge in [0.2, 0.25) is 5.91 Å². The van der Waals surface area contributed by atoms with Gasteiger partial charge in [0.1, 0.15) is 0 Å². The Kier molecular flexibility index (Phi) is 5.99. The highest BCUT2D eigenvalue weighted by Crippen LogP contribution is 2.10. The monoisotopic (exact) mass is 275 g/mol. The van der Waals surface area contributed by atoms with Gasteiger partial charge in [-0.3, -0.25) is 9.78 Å². The fraction of sp³-hybridized carbons (Fsp3) is 0.625. The summed E-state index contributed by atoms with van der Waals surface area (Å²) in [5, 5.41) is 3.52. The number of rotatable bonds is 6. The van der Waals surface area contributed by atoms with Gasteiger partial charge in [0, 0.05) is 31.5 Å². The number of hydrogen-bond donors (Lipinski definition) is 1. The summed E-state index contributed by atoms with van der Waals surface area (Å²) in [5.41, 5.74) is 0.996. The van der Waals surface area contributed by atoms with Crippen molar-refractivity contribution in [3.63, 3.8) is 0 Å². The average molecular weight is 275 g/mol. The van der Waals surface area contributed by atoms with E-state index in [4.69, 9.17) is 0 Å². The highest BCUT2D eigenvalue weighted by molar-refractivity contribution is 5.78. The second kappa shape index (κ2) is 8.00. The first-order valence-electron chi connectivity index (χ1n) is 7.69. The van der Waals surface area contributed by atoms with Crippen molar-refractivity contribution in [1.29, 1.82) is 0 Å². The predicted molar refractivity (Wildman–Crippen MR) is 80.5 cm³/mol. The van der Waals surface area contributed by atoms with Crippen LogP contribution in [0, 0.1) is 0 Å². The van der Waals surface area contributed by atoms with Crippen molar-refractivity contribution in [3.8, 4) is 0 Å². The summed E-state index contributed by atoms with van der Waals surface area (Å²) in [6.45, 7) is 4.89. The molecule has 1 saturated heterocycles. The van der Waals surface area contributed by atoms with Gasteiger partial charge >= 0.3 is 0 Å². The second-order valence-corrected chi connectivity index (χ2v) is 5.52. The normalized spacial score (nSPS) is 18.8. The maximum absolute atomic E-state index is 12.4. The summed E-state index contributed by atoms with van der Waals surface area (Å²) in [6.07, 6.45) is 8.69. The maximum Gasteiger partial charge on any atom is 0.227 e. The minimum absolute atomic E-state index is 0.215. The van der Waals surface area contributed by atoms with Gasteiger partial charge in [-0.1, -0.05) is 19.4 Å². The first kappa shape index (κ1) is 15.0. The predicted octanol–water partition coefficient (Wildman–Crippen LogP) is 2.00. The Morgan fingerprint density at radius 2 is 2.40 bits per heavy atom. The van der Waals surface area contributed by atoms with Crippen LogP contribution in [0.5, 0.6) is 0 Å². The van der Waals surface area contributed by atoms with Gasteiger partial charge in [0.15, 0.2) is 0 Å². The number of amides is 1. The Bertz CT molecular complexity index is 401. The molecule has 4 heteroatoms. The van der Waals surface area contributed by atoms with Crippen LogP contribution in [-0.4, -0.2) is 41.5 Å². The number of carbonyl (C=O) groups excluding carboxylic acids is 1. The minimum atomic E-state index is 0.215. The molecule has 1 aliphatic heterocycles. The minimum Gasteiger partial charge on any atom is -0.341 e. The van der Waals surface area contributed by atoms with Gasteiger partial charge in [0.25, 0.3) is 0 Å². The fourth-order valence-electron chi connectivity index (χ4n) is 2.72. The van der Waals surface area contributed by atoms with Crippen LogP contribution in [0.15, 0.2) is 24.5 Å². The van der Waals surface area contributed by atoms with E-state index in [1.807, 2.05) is 17.0 Å². The van der Waals surface area contributed by atoms with Crippen LogP contribution in [0.25, 0.3) is 0 Å². The molecule has 1 aromatic heterocycles. The van der Waals surface area contributed by atoms with Crippen LogP contribution < -0.4 is 5.32 Å². The molecule has 0 aromatic carbocycles. The first-order valence-corrected chi connectivity index (χ1v) is 7.69. The summed E-state index contributed by atoms with van der Waals surface area (Å²) in [6, 6.07) is 4.32. The van der Waals surface area contributed by atoms with Gasteiger partial charge in [-0.05, 0) is 37.4 Å². The molecule has 110 valence electrons. The zero-order valence-electron chi connectivity index (χ0n) is 12.3. The van der Waals surface area contributed by atoms with Crippen LogP contribution >= 0.6 is 0 Å². The van der Waals surface area contributed by atoms with Crippen molar-refractivity contribution in [1.82, 2.24) is 15.2 Å². The Labute approximate surface area is 121 Å². The largest absolute Gasteiger partial charge is 0.341 e. The lowest BCUT2D eigenvalue weighted by Gasteiger charge is -2.30. The smallest absolute Gasteiger partial charge is 0.227 e. The van der Waals surface area contributed by atoms with Crippen LogP contribution in [0.1, 0.15) is 38.2 Å². The lowest BCUT2D eigenvalue weighted by Crippen LogP contribution is -2.46. The number of carbonyl (C=O) groups is 1. The zero-order valence-corrected chi connectivity index (χ0v) is 12.3. The van der Waals surface area contributed by atoms with E-state index in [-0.39, 0.29) is 5.91 Å². The Balaban J connectivity index is 1.90. The quantitative estimate of drug-likeness (QED) is 0.863. The van der Waals surface area contributed by atoms with E-state index in [2.05, 4.69) is 17.2 Å². The van der Waals surface area contributed by atoms with E-state index in [1.54, 1.807) is 12.4 Å². The van der Waals surface area contributed by atoms with E-state index in [9.17, 15) is 4.79 Å². The zero-order chi connectivity index (χ0) is 14.2. The van der Waals surface area contributed by atoms with Crippen LogP contribution in [-0.2, 0) is 11.2 Å². The van der Waals surface area contributed by atoms with Crippen molar-refractivity contribution in [2.75, 3.05) is 19.6 Å². The lowest BCUT2D eigenvalue weighted by molar-refractivity contribution is -0.131.